The van der Waals surface area contributed by atoms with Crippen LogP contribution in [0.2, 0.25) is 0 Å². The van der Waals surface area contributed by atoms with Crippen LogP contribution in [0.4, 0.5) is 5.69 Å². The highest BCUT2D eigenvalue weighted by atomic mass is 79.9. The van der Waals surface area contributed by atoms with E-state index in [1.54, 1.807) is 0 Å². The van der Waals surface area contributed by atoms with Crippen molar-refractivity contribution in [3.8, 4) is 0 Å². The number of aromatic nitrogens is 2. The zero-order valence-corrected chi connectivity index (χ0v) is 12.1. The van der Waals surface area contributed by atoms with E-state index in [4.69, 9.17) is 0 Å². The molecule has 0 fully saturated rings. The van der Waals surface area contributed by atoms with E-state index in [9.17, 15) is 4.79 Å². The number of carbonyl (C=O) groups excluding carboxylic acids is 1. The minimum Gasteiger partial charge on any atom is -0.321 e. The van der Waals surface area contributed by atoms with Gasteiger partial charge in [0.05, 0.1) is 16.9 Å². The van der Waals surface area contributed by atoms with Crippen molar-refractivity contribution >= 4 is 27.5 Å². The molecule has 1 aromatic heterocycles. The molecule has 94 valence electrons. The Morgan fingerprint density at radius 2 is 2.06 bits per heavy atom. The third kappa shape index (κ3) is 2.46. The molecule has 0 aliphatic heterocycles. The van der Waals surface area contributed by atoms with E-state index < -0.39 is 0 Å². The molecule has 0 saturated heterocycles. The number of nitrogens with one attached hydrogen (secondary N) is 2. The number of aryl methyl sites for hydroxylation is 3. The van der Waals surface area contributed by atoms with Gasteiger partial charge >= 0.3 is 0 Å². The molecule has 0 spiro atoms. The van der Waals surface area contributed by atoms with Gasteiger partial charge in [-0.25, -0.2) is 0 Å². The second kappa shape index (κ2) is 4.94. The van der Waals surface area contributed by atoms with Crippen molar-refractivity contribution in [1.82, 2.24) is 10.2 Å². The van der Waals surface area contributed by atoms with Crippen LogP contribution in [0.25, 0.3) is 0 Å². The van der Waals surface area contributed by atoms with Crippen molar-refractivity contribution in [3.63, 3.8) is 0 Å². The number of hydrogen-bond acceptors (Lipinski definition) is 2. The Hall–Kier alpha value is -1.62. The molecule has 5 heteroatoms. The van der Waals surface area contributed by atoms with E-state index in [2.05, 4.69) is 31.4 Å². The smallest absolute Gasteiger partial charge is 0.259 e. The summed E-state index contributed by atoms with van der Waals surface area (Å²) in [4.78, 5) is 12.2. The number of aromatic amines is 1. The van der Waals surface area contributed by atoms with Gasteiger partial charge in [-0.2, -0.15) is 5.10 Å². The lowest BCUT2D eigenvalue weighted by Crippen LogP contribution is -2.14. The van der Waals surface area contributed by atoms with Crippen LogP contribution in [0.1, 0.15) is 27.3 Å². The molecule has 0 atom stereocenters. The number of rotatable bonds is 2. The number of nitrogens with zero attached hydrogens (tertiary/aromatic N) is 1. The molecule has 0 aliphatic carbocycles. The quantitative estimate of drug-likeness (QED) is 0.894. The Labute approximate surface area is 114 Å². The van der Waals surface area contributed by atoms with Crippen LogP contribution < -0.4 is 5.32 Å². The highest BCUT2D eigenvalue weighted by Gasteiger charge is 2.16. The zero-order valence-electron chi connectivity index (χ0n) is 10.5. The van der Waals surface area contributed by atoms with Gasteiger partial charge in [0.15, 0.2) is 0 Å². The molecule has 1 aromatic carbocycles. The van der Waals surface area contributed by atoms with Gasteiger partial charge in [-0.05, 0) is 54.4 Å². The SMILES string of the molecule is Cc1ccc(NC(=O)c2c(C)n[nH]c2C)c(Br)c1. The van der Waals surface area contributed by atoms with E-state index in [0.717, 1.165) is 21.4 Å². The maximum Gasteiger partial charge on any atom is 0.259 e. The summed E-state index contributed by atoms with van der Waals surface area (Å²) in [6, 6.07) is 5.79. The maximum absolute atomic E-state index is 12.2. The topological polar surface area (TPSA) is 57.8 Å². The first-order valence-corrected chi connectivity index (χ1v) is 6.37. The minimum atomic E-state index is -0.150. The number of carbonyl (C=O) groups is 1. The van der Waals surface area contributed by atoms with Crippen molar-refractivity contribution in [3.05, 3.63) is 45.2 Å². The normalized spacial score (nSPS) is 10.4. The van der Waals surface area contributed by atoms with Crippen LogP contribution in [0, 0.1) is 20.8 Å². The van der Waals surface area contributed by atoms with Crippen molar-refractivity contribution in [2.75, 3.05) is 5.32 Å². The Balaban J connectivity index is 2.27. The number of anilines is 1. The molecule has 1 heterocycles. The summed E-state index contributed by atoms with van der Waals surface area (Å²) in [5, 5.41) is 9.70. The van der Waals surface area contributed by atoms with Crippen molar-refractivity contribution < 1.29 is 4.79 Å². The molecule has 0 unspecified atom stereocenters. The van der Waals surface area contributed by atoms with Gasteiger partial charge in [-0.15, -0.1) is 0 Å². The second-order valence-electron chi connectivity index (χ2n) is 4.25. The lowest BCUT2D eigenvalue weighted by Gasteiger charge is -2.08. The van der Waals surface area contributed by atoms with Crippen molar-refractivity contribution in [1.29, 1.82) is 0 Å². The maximum atomic E-state index is 12.2. The summed E-state index contributed by atoms with van der Waals surface area (Å²) >= 11 is 3.44. The number of amides is 1. The van der Waals surface area contributed by atoms with Crippen LogP contribution in [0.15, 0.2) is 22.7 Å². The lowest BCUT2D eigenvalue weighted by atomic mass is 10.1. The molecule has 1 amide bonds. The average molecular weight is 308 g/mol. The van der Waals surface area contributed by atoms with Gasteiger partial charge in [0.1, 0.15) is 0 Å². The van der Waals surface area contributed by atoms with Gasteiger partial charge in [0, 0.05) is 10.2 Å². The Morgan fingerprint density at radius 3 is 2.61 bits per heavy atom. The molecule has 2 aromatic rings. The predicted molar refractivity (Wildman–Crippen MR) is 74.9 cm³/mol. The molecule has 2 N–H and O–H groups in total. The van der Waals surface area contributed by atoms with Crippen LogP contribution in [-0.4, -0.2) is 16.1 Å². The second-order valence-corrected chi connectivity index (χ2v) is 5.10. The fourth-order valence-corrected chi connectivity index (χ4v) is 2.38. The molecule has 0 radical (unpaired) electrons. The standard InChI is InChI=1S/C13H14BrN3O/c1-7-4-5-11(10(14)6-7)15-13(18)12-8(2)16-17-9(12)3/h4-6H,1-3H3,(H,15,18)(H,16,17). The largest absolute Gasteiger partial charge is 0.321 e. The van der Waals surface area contributed by atoms with Gasteiger partial charge in [0.2, 0.25) is 0 Å². The Morgan fingerprint density at radius 1 is 1.33 bits per heavy atom. The summed E-state index contributed by atoms with van der Waals surface area (Å²) in [7, 11) is 0. The highest BCUT2D eigenvalue weighted by Crippen LogP contribution is 2.24. The molecular formula is C13H14BrN3O. The Kier molecular flexibility index (Phi) is 3.52. The summed E-state index contributed by atoms with van der Waals surface area (Å²) in [6.07, 6.45) is 0. The fraction of sp³-hybridized carbons (Fsp3) is 0.231. The number of hydrogen-bond donors (Lipinski definition) is 2. The number of halogens is 1. The molecule has 18 heavy (non-hydrogen) atoms. The zero-order chi connectivity index (χ0) is 13.3. The van der Waals surface area contributed by atoms with Crippen molar-refractivity contribution in [2.24, 2.45) is 0 Å². The first-order valence-electron chi connectivity index (χ1n) is 5.58. The molecule has 0 saturated carbocycles. The first-order chi connectivity index (χ1) is 8.49. The number of benzene rings is 1. The summed E-state index contributed by atoms with van der Waals surface area (Å²) in [5.41, 5.74) is 3.96. The third-order valence-electron chi connectivity index (χ3n) is 2.73. The summed E-state index contributed by atoms with van der Waals surface area (Å²) < 4.78 is 0.870. The van der Waals surface area contributed by atoms with E-state index in [1.165, 1.54) is 0 Å². The lowest BCUT2D eigenvalue weighted by molar-refractivity contribution is 0.102. The minimum absolute atomic E-state index is 0.150. The molecule has 2 rings (SSSR count). The molecular weight excluding hydrogens is 294 g/mol. The van der Waals surface area contributed by atoms with Gasteiger partial charge < -0.3 is 5.32 Å². The van der Waals surface area contributed by atoms with Gasteiger partial charge in [0.25, 0.3) is 5.91 Å². The van der Waals surface area contributed by atoms with E-state index >= 15 is 0 Å². The predicted octanol–water partition coefficient (Wildman–Crippen LogP) is 3.35. The Bertz CT molecular complexity index is 585. The van der Waals surface area contributed by atoms with E-state index in [-0.39, 0.29) is 5.91 Å². The van der Waals surface area contributed by atoms with E-state index in [1.807, 2.05) is 39.0 Å². The molecule has 4 nitrogen and oxygen atoms in total. The van der Waals surface area contributed by atoms with Gasteiger partial charge in [-0.3, -0.25) is 9.89 Å². The van der Waals surface area contributed by atoms with Crippen LogP contribution in [-0.2, 0) is 0 Å². The monoisotopic (exact) mass is 307 g/mol. The fourth-order valence-electron chi connectivity index (χ4n) is 1.79. The third-order valence-corrected chi connectivity index (χ3v) is 3.38. The van der Waals surface area contributed by atoms with Crippen LogP contribution >= 0.6 is 15.9 Å². The van der Waals surface area contributed by atoms with Gasteiger partial charge in [-0.1, -0.05) is 6.07 Å². The highest BCUT2D eigenvalue weighted by molar-refractivity contribution is 9.10. The summed E-state index contributed by atoms with van der Waals surface area (Å²) in [6.45, 7) is 5.64. The van der Waals surface area contributed by atoms with Crippen LogP contribution in [0.3, 0.4) is 0 Å². The number of H-pyrrole nitrogens is 1. The first kappa shape index (κ1) is 12.8. The molecule has 0 aliphatic rings. The van der Waals surface area contributed by atoms with Crippen molar-refractivity contribution in [2.45, 2.75) is 20.8 Å². The molecule has 0 bridgehead atoms. The average Bonchev–Trinajstić information content (AvgIpc) is 2.62. The summed E-state index contributed by atoms with van der Waals surface area (Å²) in [5.74, 6) is -0.150. The van der Waals surface area contributed by atoms with Crippen LogP contribution in [0.5, 0.6) is 0 Å². The van der Waals surface area contributed by atoms with E-state index in [0.29, 0.717) is 11.3 Å².